The highest BCUT2D eigenvalue weighted by Gasteiger charge is 2.31. The molecule has 2 rings (SSSR count). The number of carbonyl (C=O) groups excluding carboxylic acids is 1. The fraction of sp³-hybridized carbons (Fsp3) is 0.611. The summed E-state index contributed by atoms with van der Waals surface area (Å²) in [6.45, 7) is 4.14. The van der Waals surface area contributed by atoms with Crippen molar-refractivity contribution in [2.24, 2.45) is 11.8 Å². The lowest BCUT2D eigenvalue weighted by Crippen LogP contribution is -2.34. The predicted molar refractivity (Wildman–Crippen MR) is 92.2 cm³/mol. The van der Waals surface area contributed by atoms with Gasteiger partial charge in [0, 0.05) is 11.8 Å². The van der Waals surface area contributed by atoms with Crippen LogP contribution < -0.4 is 4.74 Å². The minimum absolute atomic E-state index is 0.0530. The molecule has 134 valence electrons. The third-order valence-corrected chi connectivity index (χ3v) is 5.94. The smallest absolute Gasteiger partial charge is 0.179 e. The lowest BCUT2D eigenvalue weighted by atomic mass is 9.75. The summed E-state index contributed by atoms with van der Waals surface area (Å²) in [5, 5.41) is 10.1. The Labute approximate surface area is 143 Å². The zero-order valence-corrected chi connectivity index (χ0v) is 15.3. The van der Waals surface area contributed by atoms with Crippen LogP contribution >= 0.6 is 0 Å². The number of hydrogen-bond donors (Lipinski definition) is 1. The van der Waals surface area contributed by atoms with Gasteiger partial charge in [-0.1, -0.05) is 0 Å². The number of carbonyl (C=O) groups is 1. The van der Waals surface area contributed by atoms with Crippen LogP contribution in [0, 0.1) is 11.8 Å². The van der Waals surface area contributed by atoms with Crippen LogP contribution in [-0.2, 0) is 9.84 Å². The minimum Gasteiger partial charge on any atom is -0.492 e. The van der Waals surface area contributed by atoms with Gasteiger partial charge in [-0.2, -0.15) is 0 Å². The van der Waals surface area contributed by atoms with Gasteiger partial charge in [-0.25, -0.2) is 8.42 Å². The Morgan fingerprint density at radius 3 is 2.38 bits per heavy atom. The van der Waals surface area contributed by atoms with Crippen molar-refractivity contribution in [3.05, 3.63) is 23.8 Å². The largest absolute Gasteiger partial charge is 0.492 e. The van der Waals surface area contributed by atoms with Gasteiger partial charge in [-0.3, -0.25) is 4.79 Å². The molecule has 1 fully saturated rings. The molecule has 0 atom stereocenters. The molecule has 1 aromatic rings. The molecule has 1 N–H and O–H groups in total. The molecule has 0 bridgehead atoms. The Kier molecular flexibility index (Phi) is 5.71. The van der Waals surface area contributed by atoms with Crippen LogP contribution in [-0.4, -0.2) is 38.3 Å². The molecule has 1 saturated carbocycles. The van der Waals surface area contributed by atoms with Gasteiger partial charge >= 0.3 is 0 Å². The first-order valence-electron chi connectivity index (χ1n) is 8.25. The lowest BCUT2D eigenvalue weighted by Gasteiger charge is -2.35. The van der Waals surface area contributed by atoms with Gasteiger partial charge < -0.3 is 9.84 Å². The minimum atomic E-state index is -3.46. The van der Waals surface area contributed by atoms with E-state index in [9.17, 15) is 18.3 Å². The van der Waals surface area contributed by atoms with E-state index in [1.54, 1.807) is 12.1 Å². The summed E-state index contributed by atoms with van der Waals surface area (Å²) in [7, 11) is -3.46. The van der Waals surface area contributed by atoms with Crippen LogP contribution in [0.15, 0.2) is 23.1 Å². The van der Waals surface area contributed by atoms with Crippen LogP contribution in [0.1, 0.15) is 49.9 Å². The Balaban J connectivity index is 2.02. The van der Waals surface area contributed by atoms with Crippen molar-refractivity contribution in [1.29, 1.82) is 0 Å². The molecule has 0 radical (unpaired) electrons. The van der Waals surface area contributed by atoms with Gasteiger partial charge in [0.1, 0.15) is 16.9 Å². The summed E-state index contributed by atoms with van der Waals surface area (Å²) in [5.74, 6) is 0.946. The highest BCUT2D eigenvalue weighted by atomic mass is 32.2. The third-order valence-electron chi connectivity index (χ3n) is 4.82. The Hall–Kier alpha value is -1.40. The number of ether oxygens (including phenoxy) is 1. The lowest BCUT2D eigenvalue weighted by molar-refractivity contribution is -0.00907. The molecule has 5 nitrogen and oxygen atoms in total. The van der Waals surface area contributed by atoms with Gasteiger partial charge in [-0.15, -0.1) is 0 Å². The summed E-state index contributed by atoms with van der Waals surface area (Å²) in [4.78, 5) is 10.9. The van der Waals surface area contributed by atoms with Crippen molar-refractivity contribution in [1.82, 2.24) is 0 Å². The van der Waals surface area contributed by atoms with Gasteiger partial charge in [0.15, 0.2) is 9.84 Å². The monoisotopic (exact) mass is 354 g/mol. The number of hydrogen-bond acceptors (Lipinski definition) is 5. The van der Waals surface area contributed by atoms with Gasteiger partial charge in [-0.05, 0) is 69.6 Å². The normalized spacial score (nSPS) is 22.2. The predicted octanol–water partition coefficient (Wildman–Crippen LogP) is 2.86. The van der Waals surface area contributed by atoms with Crippen molar-refractivity contribution in [3.8, 4) is 5.75 Å². The maximum Gasteiger partial charge on any atom is 0.179 e. The van der Waals surface area contributed by atoms with Crippen LogP contribution in [0.5, 0.6) is 5.75 Å². The molecule has 24 heavy (non-hydrogen) atoms. The second-order valence-electron chi connectivity index (χ2n) is 7.28. The molecule has 0 saturated heterocycles. The second kappa shape index (κ2) is 7.23. The first-order valence-corrected chi connectivity index (χ1v) is 10.1. The molecule has 1 aliphatic rings. The summed E-state index contributed by atoms with van der Waals surface area (Å²) >= 11 is 0. The number of aldehydes is 1. The fourth-order valence-electron chi connectivity index (χ4n) is 3.25. The quantitative estimate of drug-likeness (QED) is 0.795. The van der Waals surface area contributed by atoms with E-state index in [-0.39, 0.29) is 4.90 Å². The van der Waals surface area contributed by atoms with E-state index < -0.39 is 15.4 Å². The van der Waals surface area contributed by atoms with Crippen molar-refractivity contribution in [2.75, 3.05) is 12.9 Å². The van der Waals surface area contributed by atoms with Crippen LogP contribution in [0.4, 0.5) is 0 Å². The van der Waals surface area contributed by atoms with Crippen molar-refractivity contribution >= 4 is 16.1 Å². The maximum atomic E-state index is 11.9. The van der Waals surface area contributed by atoms with E-state index in [0.717, 1.165) is 31.9 Å². The SMILES string of the molecule is CC(C)(O)C1CCC(COc2ccc(C=O)cc2S(C)(=O)=O)CC1. The second-order valence-corrected chi connectivity index (χ2v) is 9.26. The molecule has 6 heteroatoms. The molecule has 0 spiro atoms. The zero-order valence-electron chi connectivity index (χ0n) is 14.5. The van der Waals surface area contributed by atoms with E-state index >= 15 is 0 Å². The van der Waals surface area contributed by atoms with E-state index in [2.05, 4.69) is 0 Å². The molecule has 0 aliphatic heterocycles. The summed E-state index contributed by atoms with van der Waals surface area (Å²) < 4.78 is 29.6. The summed E-state index contributed by atoms with van der Waals surface area (Å²) in [6, 6.07) is 4.45. The Bertz CT molecular complexity index is 680. The third kappa shape index (κ3) is 4.80. The molecule has 0 heterocycles. The standard InChI is InChI=1S/C18H26O5S/c1-18(2,20)15-7-4-13(5-8-15)12-23-16-9-6-14(11-19)10-17(16)24(3,21)22/h6,9-11,13,15,20H,4-5,7-8,12H2,1-3H3. The molecular weight excluding hydrogens is 328 g/mol. The maximum absolute atomic E-state index is 11.9. The molecule has 0 unspecified atom stereocenters. The number of rotatable bonds is 6. The molecule has 1 aliphatic carbocycles. The average molecular weight is 354 g/mol. The molecular formula is C18H26O5S. The highest BCUT2D eigenvalue weighted by molar-refractivity contribution is 7.90. The van der Waals surface area contributed by atoms with Crippen LogP contribution in [0.3, 0.4) is 0 Å². The molecule has 0 aromatic heterocycles. The number of aliphatic hydroxyl groups is 1. The number of benzene rings is 1. The Morgan fingerprint density at radius 2 is 1.88 bits per heavy atom. The summed E-state index contributed by atoms with van der Waals surface area (Å²) in [6.07, 6.45) is 5.53. The van der Waals surface area contributed by atoms with E-state index in [4.69, 9.17) is 4.74 Å². The molecule has 0 amide bonds. The van der Waals surface area contributed by atoms with Crippen LogP contribution in [0.2, 0.25) is 0 Å². The van der Waals surface area contributed by atoms with Gasteiger partial charge in [0.2, 0.25) is 0 Å². The Morgan fingerprint density at radius 1 is 1.25 bits per heavy atom. The van der Waals surface area contributed by atoms with E-state index in [1.165, 1.54) is 6.07 Å². The van der Waals surface area contributed by atoms with Gasteiger partial charge in [0.05, 0.1) is 12.2 Å². The first-order chi connectivity index (χ1) is 11.1. The van der Waals surface area contributed by atoms with Crippen molar-refractivity contribution in [2.45, 2.75) is 50.0 Å². The average Bonchev–Trinajstić information content (AvgIpc) is 2.51. The van der Waals surface area contributed by atoms with Crippen molar-refractivity contribution < 1.29 is 23.1 Å². The number of sulfone groups is 1. The zero-order chi connectivity index (χ0) is 18.0. The molecule has 1 aromatic carbocycles. The van der Waals surface area contributed by atoms with Crippen molar-refractivity contribution in [3.63, 3.8) is 0 Å². The first kappa shape index (κ1) is 18.9. The van der Waals surface area contributed by atoms with Crippen LogP contribution in [0.25, 0.3) is 0 Å². The highest BCUT2D eigenvalue weighted by Crippen LogP contribution is 2.36. The fourth-order valence-corrected chi connectivity index (χ4v) is 4.09. The topological polar surface area (TPSA) is 80.7 Å². The van der Waals surface area contributed by atoms with Gasteiger partial charge in [0.25, 0.3) is 0 Å². The van der Waals surface area contributed by atoms with E-state index in [0.29, 0.717) is 36.0 Å². The summed E-state index contributed by atoms with van der Waals surface area (Å²) in [5.41, 5.74) is -0.339. The van der Waals surface area contributed by atoms with E-state index in [1.807, 2.05) is 13.8 Å².